The Kier molecular flexibility index (Phi) is 6.20. The maximum absolute atomic E-state index is 13.1. The van der Waals surface area contributed by atoms with E-state index in [1.165, 1.54) is 0 Å². The van der Waals surface area contributed by atoms with Crippen molar-refractivity contribution in [2.45, 2.75) is 33.6 Å². The van der Waals surface area contributed by atoms with Crippen LogP contribution >= 0.6 is 0 Å². The first-order chi connectivity index (χ1) is 14.6. The number of anilines is 2. The molecule has 3 rings (SSSR count). The molecule has 1 aliphatic carbocycles. The molecule has 0 heterocycles. The summed E-state index contributed by atoms with van der Waals surface area (Å²) in [6.45, 7) is 5.49. The average molecular weight is 422 g/mol. The molecule has 6 heteroatoms. The fourth-order valence-electron chi connectivity index (χ4n) is 4.26. The topological polar surface area (TPSA) is 82.0 Å². The van der Waals surface area contributed by atoms with Gasteiger partial charge in [-0.25, -0.2) is 0 Å². The molecule has 0 radical (unpaired) electrons. The van der Waals surface area contributed by atoms with Crippen LogP contribution in [0, 0.1) is 16.7 Å². The summed E-state index contributed by atoms with van der Waals surface area (Å²) in [4.78, 5) is 31.6. The molecule has 164 valence electrons. The number of carboxylic acid groups (broad SMARTS) is 1. The first-order valence-corrected chi connectivity index (χ1v) is 10.5. The first kappa shape index (κ1) is 22.5. The van der Waals surface area contributed by atoms with Crippen LogP contribution < -0.4 is 10.2 Å². The summed E-state index contributed by atoms with van der Waals surface area (Å²) in [5, 5.41) is 12.7. The quantitative estimate of drug-likeness (QED) is 0.645. The van der Waals surface area contributed by atoms with Crippen molar-refractivity contribution in [1.82, 2.24) is 0 Å². The third-order valence-corrected chi connectivity index (χ3v) is 6.94. The van der Waals surface area contributed by atoms with Gasteiger partial charge in [-0.1, -0.05) is 38.1 Å². The molecule has 2 aromatic rings. The van der Waals surface area contributed by atoms with E-state index in [9.17, 15) is 14.7 Å². The molecule has 1 amide bonds. The third kappa shape index (κ3) is 4.33. The van der Waals surface area contributed by atoms with Crippen LogP contribution in [0.2, 0.25) is 0 Å². The Labute approximate surface area is 184 Å². The van der Waals surface area contributed by atoms with Crippen LogP contribution in [0.25, 0.3) is 0 Å². The van der Waals surface area contributed by atoms with Crippen molar-refractivity contribution in [2.75, 3.05) is 24.3 Å². The third-order valence-electron chi connectivity index (χ3n) is 6.94. The fourth-order valence-corrected chi connectivity index (χ4v) is 4.26. The standard InChI is InChI=1S/C25H31N3O3/c1-24(2)19(14-15-25(24,3)23(30)31)22(29)27-21-9-7-6-8-20(21)26-16-17-10-12-18(13-11-17)28(4)5/h6-13,16,19H,14-15H2,1-5H3,(H,27,29)(H,30,31)/t19-,25-/m0/s1. The van der Waals surface area contributed by atoms with Gasteiger partial charge in [-0.2, -0.15) is 0 Å². The van der Waals surface area contributed by atoms with Crippen LogP contribution in [0.5, 0.6) is 0 Å². The van der Waals surface area contributed by atoms with Gasteiger partial charge < -0.3 is 15.3 Å². The molecule has 0 unspecified atom stereocenters. The minimum Gasteiger partial charge on any atom is -0.481 e. The van der Waals surface area contributed by atoms with E-state index in [1.54, 1.807) is 13.1 Å². The van der Waals surface area contributed by atoms with E-state index in [0.717, 1.165) is 11.3 Å². The van der Waals surface area contributed by atoms with Crippen molar-refractivity contribution in [2.24, 2.45) is 21.7 Å². The summed E-state index contributed by atoms with van der Waals surface area (Å²) in [5.74, 6) is -1.39. The molecular formula is C25H31N3O3. The Morgan fingerprint density at radius 1 is 1.10 bits per heavy atom. The molecule has 0 saturated heterocycles. The van der Waals surface area contributed by atoms with Crippen LogP contribution in [0.1, 0.15) is 39.2 Å². The number of carboxylic acids is 1. The highest BCUT2D eigenvalue weighted by atomic mass is 16.4. The zero-order valence-corrected chi connectivity index (χ0v) is 18.8. The number of carbonyl (C=O) groups excluding carboxylic acids is 1. The predicted molar refractivity (Wildman–Crippen MR) is 125 cm³/mol. The highest BCUT2D eigenvalue weighted by Gasteiger charge is 2.58. The van der Waals surface area contributed by atoms with Gasteiger partial charge >= 0.3 is 5.97 Å². The van der Waals surface area contributed by atoms with E-state index < -0.39 is 16.8 Å². The summed E-state index contributed by atoms with van der Waals surface area (Å²) < 4.78 is 0. The van der Waals surface area contributed by atoms with Gasteiger partial charge in [-0.3, -0.25) is 14.6 Å². The van der Waals surface area contributed by atoms with E-state index in [2.05, 4.69) is 10.3 Å². The summed E-state index contributed by atoms with van der Waals surface area (Å²) in [7, 11) is 3.99. The molecule has 1 aliphatic rings. The van der Waals surface area contributed by atoms with E-state index in [1.807, 2.05) is 81.4 Å². The highest BCUT2D eigenvalue weighted by molar-refractivity contribution is 5.97. The molecule has 0 aromatic heterocycles. The smallest absolute Gasteiger partial charge is 0.309 e. The maximum atomic E-state index is 13.1. The lowest BCUT2D eigenvalue weighted by Gasteiger charge is -2.37. The zero-order chi connectivity index (χ0) is 22.8. The van der Waals surface area contributed by atoms with E-state index >= 15 is 0 Å². The lowest BCUT2D eigenvalue weighted by molar-refractivity contribution is -0.154. The summed E-state index contributed by atoms with van der Waals surface area (Å²) in [5.41, 5.74) is 1.76. The van der Waals surface area contributed by atoms with Gasteiger partial charge in [0.2, 0.25) is 5.91 Å². The van der Waals surface area contributed by atoms with E-state index in [4.69, 9.17) is 0 Å². The second-order valence-corrected chi connectivity index (χ2v) is 9.20. The number of rotatable bonds is 6. The van der Waals surface area contributed by atoms with E-state index in [0.29, 0.717) is 24.2 Å². The molecule has 0 bridgehead atoms. The molecule has 31 heavy (non-hydrogen) atoms. The molecule has 0 spiro atoms. The van der Waals surface area contributed by atoms with Crippen molar-refractivity contribution in [3.05, 3.63) is 54.1 Å². The lowest BCUT2D eigenvalue weighted by atomic mass is 9.65. The minimum absolute atomic E-state index is 0.159. The molecule has 1 fully saturated rings. The van der Waals surface area contributed by atoms with Crippen molar-refractivity contribution in [3.63, 3.8) is 0 Å². The minimum atomic E-state index is -0.925. The number of nitrogens with one attached hydrogen (secondary N) is 1. The second kappa shape index (κ2) is 8.53. The maximum Gasteiger partial charge on any atom is 0.309 e. The summed E-state index contributed by atoms with van der Waals surface area (Å²) >= 11 is 0. The van der Waals surface area contributed by atoms with Gasteiger partial charge in [0.1, 0.15) is 0 Å². The number of para-hydroxylation sites is 2. The largest absolute Gasteiger partial charge is 0.481 e. The molecular weight excluding hydrogens is 390 g/mol. The van der Waals surface area contributed by atoms with Crippen LogP contribution in [0.15, 0.2) is 53.5 Å². The Morgan fingerprint density at radius 2 is 1.74 bits per heavy atom. The Balaban J connectivity index is 1.78. The lowest BCUT2D eigenvalue weighted by Crippen LogP contribution is -2.43. The number of benzene rings is 2. The van der Waals surface area contributed by atoms with Gasteiger partial charge in [0, 0.05) is 31.9 Å². The zero-order valence-electron chi connectivity index (χ0n) is 18.8. The number of aliphatic imine (C=N–C) groups is 1. The van der Waals surface area contributed by atoms with Gasteiger partial charge in [-0.05, 0) is 55.0 Å². The number of hydrogen-bond acceptors (Lipinski definition) is 4. The van der Waals surface area contributed by atoms with E-state index in [-0.39, 0.29) is 11.8 Å². The summed E-state index contributed by atoms with van der Waals surface area (Å²) in [6, 6.07) is 15.4. The number of nitrogens with zero attached hydrogens (tertiary/aromatic N) is 2. The first-order valence-electron chi connectivity index (χ1n) is 10.5. The molecule has 2 N–H and O–H groups in total. The van der Waals surface area contributed by atoms with Gasteiger partial charge in [0.05, 0.1) is 16.8 Å². The molecule has 0 aliphatic heterocycles. The number of hydrogen-bond donors (Lipinski definition) is 2. The van der Waals surface area contributed by atoms with Gasteiger partial charge in [-0.15, -0.1) is 0 Å². The molecule has 1 saturated carbocycles. The second-order valence-electron chi connectivity index (χ2n) is 9.20. The SMILES string of the molecule is CN(C)c1ccc(C=Nc2ccccc2NC(=O)[C@@H]2CC[C@@](C)(C(=O)O)C2(C)C)cc1. The van der Waals surface area contributed by atoms with Gasteiger partial charge in [0.25, 0.3) is 0 Å². The van der Waals surface area contributed by atoms with Crippen molar-refractivity contribution in [3.8, 4) is 0 Å². The fraction of sp³-hybridized carbons (Fsp3) is 0.400. The monoisotopic (exact) mass is 421 g/mol. The van der Waals surface area contributed by atoms with Crippen LogP contribution in [0.3, 0.4) is 0 Å². The number of aliphatic carboxylic acids is 1. The van der Waals surface area contributed by atoms with Crippen LogP contribution in [-0.4, -0.2) is 37.3 Å². The molecule has 2 atom stereocenters. The predicted octanol–water partition coefficient (Wildman–Crippen LogP) is 4.97. The Hall–Kier alpha value is -3.15. The van der Waals surface area contributed by atoms with Crippen LogP contribution in [0.4, 0.5) is 17.1 Å². The molecule has 2 aromatic carbocycles. The van der Waals surface area contributed by atoms with Crippen molar-refractivity contribution < 1.29 is 14.7 Å². The van der Waals surface area contributed by atoms with Gasteiger partial charge in [0.15, 0.2) is 0 Å². The Morgan fingerprint density at radius 3 is 2.32 bits per heavy atom. The molecule has 6 nitrogen and oxygen atoms in total. The highest BCUT2D eigenvalue weighted by Crippen LogP contribution is 2.56. The van der Waals surface area contributed by atoms with Crippen LogP contribution in [-0.2, 0) is 9.59 Å². The average Bonchev–Trinajstić information content (AvgIpc) is 2.97. The number of carbonyl (C=O) groups is 2. The van der Waals surface area contributed by atoms with Crippen molar-refractivity contribution in [1.29, 1.82) is 0 Å². The van der Waals surface area contributed by atoms with Crippen molar-refractivity contribution >= 4 is 35.2 Å². The summed E-state index contributed by atoms with van der Waals surface area (Å²) in [6.07, 6.45) is 2.80. The number of amides is 1. The normalized spacial score (nSPS) is 22.4. The Bertz CT molecular complexity index is 995.